The lowest BCUT2D eigenvalue weighted by molar-refractivity contribution is 0.134. The van der Waals surface area contributed by atoms with E-state index in [2.05, 4.69) is 30.3 Å². The number of ether oxygens (including phenoxy) is 2. The standard InChI is InChI=1S/C17H19NO2/c1-19-16-6-2-12(3-7-16)8-17(18)13-4-5-14-10-20-11-15(14)9-13/h2-7,9,17H,8,10-11,18H2,1H3. The summed E-state index contributed by atoms with van der Waals surface area (Å²) in [5, 5.41) is 0. The first-order valence-electron chi connectivity index (χ1n) is 6.84. The second-order valence-corrected chi connectivity index (χ2v) is 5.18. The van der Waals surface area contributed by atoms with Crippen LogP contribution in [0.25, 0.3) is 0 Å². The van der Waals surface area contributed by atoms with Crippen molar-refractivity contribution in [2.75, 3.05) is 7.11 Å². The Hall–Kier alpha value is -1.84. The van der Waals surface area contributed by atoms with Gasteiger partial charge in [-0.25, -0.2) is 0 Å². The van der Waals surface area contributed by atoms with E-state index >= 15 is 0 Å². The minimum Gasteiger partial charge on any atom is -0.497 e. The van der Waals surface area contributed by atoms with Gasteiger partial charge < -0.3 is 15.2 Å². The Kier molecular flexibility index (Phi) is 3.72. The van der Waals surface area contributed by atoms with Crippen molar-refractivity contribution in [3.8, 4) is 5.75 Å². The predicted molar refractivity (Wildman–Crippen MR) is 78.6 cm³/mol. The summed E-state index contributed by atoms with van der Waals surface area (Å²) >= 11 is 0. The van der Waals surface area contributed by atoms with Crippen molar-refractivity contribution in [3.63, 3.8) is 0 Å². The van der Waals surface area contributed by atoms with E-state index in [0.29, 0.717) is 6.61 Å². The van der Waals surface area contributed by atoms with E-state index in [0.717, 1.165) is 18.8 Å². The van der Waals surface area contributed by atoms with Crippen LogP contribution in [-0.2, 0) is 24.4 Å². The number of benzene rings is 2. The third kappa shape index (κ3) is 2.69. The quantitative estimate of drug-likeness (QED) is 0.928. The van der Waals surface area contributed by atoms with Gasteiger partial charge in [0.05, 0.1) is 20.3 Å². The van der Waals surface area contributed by atoms with Crippen LogP contribution in [0, 0.1) is 0 Å². The SMILES string of the molecule is COc1ccc(CC(N)c2ccc3c(c2)COC3)cc1. The number of nitrogens with two attached hydrogens (primary N) is 1. The molecule has 1 aliphatic rings. The minimum atomic E-state index is 0.00861. The molecule has 3 heteroatoms. The van der Waals surface area contributed by atoms with Crippen LogP contribution in [0.3, 0.4) is 0 Å². The molecule has 0 aliphatic carbocycles. The fraction of sp³-hybridized carbons (Fsp3) is 0.294. The maximum atomic E-state index is 6.32. The fourth-order valence-electron chi connectivity index (χ4n) is 2.56. The van der Waals surface area contributed by atoms with Crippen LogP contribution in [0.1, 0.15) is 28.3 Å². The highest BCUT2D eigenvalue weighted by Crippen LogP contribution is 2.25. The molecule has 3 rings (SSSR count). The smallest absolute Gasteiger partial charge is 0.118 e. The van der Waals surface area contributed by atoms with Crippen molar-refractivity contribution in [3.05, 3.63) is 64.7 Å². The molecule has 0 saturated carbocycles. The van der Waals surface area contributed by atoms with Crippen LogP contribution in [-0.4, -0.2) is 7.11 Å². The van der Waals surface area contributed by atoms with E-state index in [1.807, 2.05) is 12.1 Å². The Morgan fingerprint density at radius 3 is 2.60 bits per heavy atom. The monoisotopic (exact) mass is 269 g/mol. The first-order chi connectivity index (χ1) is 9.76. The molecule has 0 saturated heterocycles. The van der Waals surface area contributed by atoms with Gasteiger partial charge in [-0.1, -0.05) is 30.3 Å². The maximum Gasteiger partial charge on any atom is 0.118 e. The summed E-state index contributed by atoms with van der Waals surface area (Å²) in [4.78, 5) is 0. The highest BCUT2D eigenvalue weighted by Gasteiger charge is 2.14. The molecule has 1 unspecified atom stereocenters. The predicted octanol–water partition coefficient (Wildman–Crippen LogP) is 2.97. The molecular weight excluding hydrogens is 250 g/mol. The zero-order valence-corrected chi connectivity index (χ0v) is 11.6. The van der Waals surface area contributed by atoms with Crippen molar-refractivity contribution in [2.24, 2.45) is 5.73 Å². The summed E-state index contributed by atoms with van der Waals surface area (Å²) in [6.07, 6.45) is 0.823. The average molecular weight is 269 g/mol. The Bertz CT molecular complexity index is 592. The topological polar surface area (TPSA) is 44.5 Å². The van der Waals surface area contributed by atoms with Crippen molar-refractivity contribution < 1.29 is 9.47 Å². The van der Waals surface area contributed by atoms with Crippen molar-refractivity contribution in [1.29, 1.82) is 0 Å². The van der Waals surface area contributed by atoms with E-state index in [-0.39, 0.29) is 6.04 Å². The summed E-state index contributed by atoms with van der Waals surface area (Å²) in [5.74, 6) is 0.872. The van der Waals surface area contributed by atoms with Gasteiger partial charge in [-0.15, -0.1) is 0 Å². The third-order valence-corrected chi connectivity index (χ3v) is 3.79. The zero-order valence-electron chi connectivity index (χ0n) is 11.6. The molecule has 1 atom stereocenters. The summed E-state index contributed by atoms with van der Waals surface area (Å²) in [7, 11) is 1.67. The molecule has 0 radical (unpaired) electrons. The number of hydrogen-bond donors (Lipinski definition) is 1. The molecule has 0 fully saturated rings. The molecule has 1 aliphatic heterocycles. The maximum absolute atomic E-state index is 6.32. The third-order valence-electron chi connectivity index (χ3n) is 3.79. The molecule has 0 bridgehead atoms. The van der Waals surface area contributed by atoms with Crippen LogP contribution >= 0.6 is 0 Å². The molecule has 0 aromatic heterocycles. The van der Waals surface area contributed by atoms with E-state index in [4.69, 9.17) is 15.2 Å². The van der Waals surface area contributed by atoms with Gasteiger partial charge in [0.1, 0.15) is 5.75 Å². The summed E-state index contributed by atoms with van der Waals surface area (Å²) in [6.45, 7) is 1.43. The van der Waals surface area contributed by atoms with Crippen molar-refractivity contribution in [2.45, 2.75) is 25.7 Å². The van der Waals surface area contributed by atoms with Gasteiger partial charge in [0.2, 0.25) is 0 Å². The van der Waals surface area contributed by atoms with Crippen molar-refractivity contribution in [1.82, 2.24) is 0 Å². The number of rotatable bonds is 4. The zero-order chi connectivity index (χ0) is 13.9. The van der Waals surface area contributed by atoms with Crippen LogP contribution < -0.4 is 10.5 Å². The van der Waals surface area contributed by atoms with Gasteiger partial charge in [-0.2, -0.15) is 0 Å². The van der Waals surface area contributed by atoms with Crippen LogP contribution in [0.4, 0.5) is 0 Å². The molecule has 20 heavy (non-hydrogen) atoms. The number of fused-ring (bicyclic) bond motifs is 1. The van der Waals surface area contributed by atoms with E-state index < -0.39 is 0 Å². The Morgan fingerprint density at radius 1 is 1.10 bits per heavy atom. The second-order valence-electron chi connectivity index (χ2n) is 5.18. The summed E-state index contributed by atoms with van der Waals surface area (Å²) < 4.78 is 10.6. The molecule has 0 spiro atoms. The minimum absolute atomic E-state index is 0.00861. The molecule has 2 aromatic rings. The lowest BCUT2D eigenvalue weighted by atomic mass is 9.96. The summed E-state index contributed by atoms with van der Waals surface area (Å²) in [6, 6.07) is 14.5. The Balaban J connectivity index is 1.73. The first-order valence-corrected chi connectivity index (χ1v) is 6.84. The van der Waals surface area contributed by atoms with Gasteiger partial charge in [-0.05, 0) is 40.8 Å². The van der Waals surface area contributed by atoms with E-state index in [1.54, 1.807) is 7.11 Å². The van der Waals surface area contributed by atoms with E-state index in [9.17, 15) is 0 Å². The van der Waals surface area contributed by atoms with Gasteiger partial charge in [0, 0.05) is 6.04 Å². The molecule has 0 amide bonds. The normalized spacial score (nSPS) is 14.9. The second kappa shape index (κ2) is 5.65. The van der Waals surface area contributed by atoms with Crippen molar-refractivity contribution >= 4 is 0 Å². The number of hydrogen-bond acceptors (Lipinski definition) is 3. The molecule has 2 N–H and O–H groups in total. The van der Waals surface area contributed by atoms with Crippen LogP contribution in [0.15, 0.2) is 42.5 Å². The molecule has 3 nitrogen and oxygen atoms in total. The lowest BCUT2D eigenvalue weighted by Crippen LogP contribution is -2.13. The fourth-order valence-corrected chi connectivity index (χ4v) is 2.56. The van der Waals surface area contributed by atoms with Gasteiger partial charge >= 0.3 is 0 Å². The van der Waals surface area contributed by atoms with Gasteiger partial charge in [0.15, 0.2) is 0 Å². The van der Waals surface area contributed by atoms with E-state index in [1.165, 1.54) is 22.3 Å². The molecule has 104 valence electrons. The largest absolute Gasteiger partial charge is 0.497 e. The molecule has 2 aromatic carbocycles. The average Bonchev–Trinajstić information content (AvgIpc) is 2.95. The van der Waals surface area contributed by atoms with Crippen LogP contribution in [0.5, 0.6) is 5.75 Å². The lowest BCUT2D eigenvalue weighted by Gasteiger charge is -2.13. The van der Waals surface area contributed by atoms with Crippen LogP contribution in [0.2, 0.25) is 0 Å². The molecular formula is C17H19NO2. The summed E-state index contributed by atoms with van der Waals surface area (Å²) in [5.41, 5.74) is 11.3. The highest BCUT2D eigenvalue weighted by molar-refractivity contribution is 5.35. The number of methoxy groups -OCH3 is 1. The highest BCUT2D eigenvalue weighted by atomic mass is 16.5. The Morgan fingerprint density at radius 2 is 1.85 bits per heavy atom. The first kappa shape index (κ1) is 13.2. The molecule has 1 heterocycles. The Labute approximate surface area is 119 Å². The van der Waals surface area contributed by atoms with Gasteiger partial charge in [0.25, 0.3) is 0 Å². The van der Waals surface area contributed by atoms with Gasteiger partial charge in [-0.3, -0.25) is 0 Å².